The van der Waals surface area contributed by atoms with E-state index in [0.717, 1.165) is 0 Å². The molecule has 0 amide bonds. The van der Waals surface area contributed by atoms with Gasteiger partial charge in [-0.05, 0) is 13.0 Å². The number of benzene rings is 1. The summed E-state index contributed by atoms with van der Waals surface area (Å²) >= 11 is 0. The van der Waals surface area contributed by atoms with Crippen LogP contribution in [0.1, 0.15) is 12.5 Å². The molecule has 5 heteroatoms. The van der Waals surface area contributed by atoms with Crippen molar-refractivity contribution in [3.05, 3.63) is 54.4 Å². The summed E-state index contributed by atoms with van der Waals surface area (Å²) in [6, 6.07) is 8.76. The Morgan fingerprint density at radius 3 is 2.63 bits per heavy atom. The standard InChI is InChI=1S/C14H17F2N3/c1-12(17-9-11-19-10-5-8-18-19)14(15,16)13-6-3-2-4-7-13/h2-8,10,12,17H,9,11H2,1H3/t12-/m0/s1. The molecular formula is C14H17F2N3. The first-order valence-corrected chi connectivity index (χ1v) is 6.25. The monoisotopic (exact) mass is 265 g/mol. The Hall–Kier alpha value is -1.75. The van der Waals surface area contributed by atoms with E-state index in [1.54, 1.807) is 29.1 Å². The molecule has 0 spiro atoms. The van der Waals surface area contributed by atoms with E-state index in [1.807, 2.05) is 12.3 Å². The molecule has 0 saturated carbocycles. The lowest BCUT2D eigenvalue weighted by molar-refractivity contribution is -0.0378. The Labute approximate surface area is 111 Å². The summed E-state index contributed by atoms with van der Waals surface area (Å²) in [5, 5.41) is 6.87. The number of hydrogen-bond donors (Lipinski definition) is 1. The van der Waals surface area contributed by atoms with Gasteiger partial charge in [0, 0.05) is 24.5 Å². The number of halogens is 2. The van der Waals surface area contributed by atoms with Crippen molar-refractivity contribution in [1.29, 1.82) is 0 Å². The van der Waals surface area contributed by atoms with Gasteiger partial charge in [-0.25, -0.2) is 0 Å². The Morgan fingerprint density at radius 2 is 2.00 bits per heavy atom. The molecule has 1 atom stereocenters. The van der Waals surface area contributed by atoms with Crippen LogP contribution in [0.25, 0.3) is 0 Å². The average molecular weight is 265 g/mol. The minimum Gasteiger partial charge on any atom is -0.307 e. The molecular weight excluding hydrogens is 248 g/mol. The predicted molar refractivity (Wildman–Crippen MR) is 70.0 cm³/mol. The van der Waals surface area contributed by atoms with E-state index < -0.39 is 12.0 Å². The molecule has 0 bridgehead atoms. The molecule has 1 aromatic carbocycles. The van der Waals surface area contributed by atoms with Crippen LogP contribution in [0.15, 0.2) is 48.8 Å². The second-order valence-electron chi connectivity index (χ2n) is 4.43. The van der Waals surface area contributed by atoms with Crippen LogP contribution < -0.4 is 5.32 Å². The molecule has 19 heavy (non-hydrogen) atoms. The second-order valence-corrected chi connectivity index (χ2v) is 4.43. The van der Waals surface area contributed by atoms with E-state index >= 15 is 0 Å². The summed E-state index contributed by atoms with van der Waals surface area (Å²) in [4.78, 5) is 0. The Balaban J connectivity index is 1.90. The molecule has 2 rings (SSSR count). The van der Waals surface area contributed by atoms with Crippen LogP contribution in [0.5, 0.6) is 0 Å². The zero-order valence-electron chi connectivity index (χ0n) is 10.8. The normalized spacial score (nSPS) is 13.4. The van der Waals surface area contributed by atoms with Gasteiger partial charge in [0.05, 0.1) is 12.6 Å². The van der Waals surface area contributed by atoms with E-state index in [9.17, 15) is 8.78 Å². The molecule has 0 saturated heterocycles. The summed E-state index contributed by atoms with van der Waals surface area (Å²) < 4.78 is 30.0. The van der Waals surface area contributed by atoms with Gasteiger partial charge < -0.3 is 5.32 Å². The smallest absolute Gasteiger partial charge is 0.287 e. The molecule has 0 unspecified atom stereocenters. The molecule has 1 aromatic heterocycles. The van der Waals surface area contributed by atoms with Crippen LogP contribution in [0.4, 0.5) is 8.78 Å². The summed E-state index contributed by atoms with van der Waals surface area (Å²) in [6.45, 7) is 2.52. The number of nitrogens with one attached hydrogen (secondary N) is 1. The first kappa shape index (κ1) is 13.7. The van der Waals surface area contributed by atoms with Crippen LogP contribution in [-0.2, 0) is 12.5 Å². The van der Waals surface area contributed by atoms with E-state index in [-0.39, 0.29) is 5.56 Å². The second kappa shape index (κ2) is 5.93. The molecule has 102 valence electrons. The first-order valence-electron chi connectivity index (χ1n) is 6.25. The SMILES string of the molecule is C[C@H](NCCn1cccn1)C(F)(F)c1ccccc1. The predicted octanol–water partition coefficient (Wildman–Crippen LogP) is 2.65. The van der Waals surface area contributed by atoms with Crippen molar-refractivity contribution in [1.82, 2.24) is 15.1 Å². The molecule has 1 heterocycles. The van der Waals surface area contributed by atoms with Crippen molar-refractivity contribution in [3.8, 4) is 0 Å². The number of nitrogens with zero attached hydrogens (tertiary/aromatic N) is 2. The first-order chi connectivity index (χ1) is 9.10. The topological polar surface area (TPSA) is 29.9 Å². The van der Waals surface area contributed by atoms with Crippen LogP contribution in [-0.4, -0.2) is 22.4 Å². The third-order valence-electron chi connectivity index (χ3n) is 3.05. The largest absolute Gasteiger partial charge is 0.307 e. The van der Waals surface area contributed by atoms with Crippen LogP contribution in [0.2, 0.25) is 0 Å². The molecule has 0 aliphatic carbocycles. The van der Waals surface area contributed by atoms with Gasteiger partial charge in [-0.15, -0.1) is 0 Å². The Bertz CT molecular complexity index is 483. The summed E-state index contributed by atoms with van der Waals surface area (Å²) in [5.41, 5.74) is 0.0362. The minimum absolute atomic E-state index is 0.0362. The van der Waals surface area contributed by atoms with E-state index in [2.05, 4.69) is 10.4 Å². The van der Waals surface area contributed by atoms with Gasteiger partial charge in [-0.1, -0.05) is 30.3 Å². The van der Waals surface area contributed by atoms with E-state index in [1.165, 1.54) is 19.1 Å². The van der Waals surface area contributed by atoms with Crippen molar-refractivity contribution >= 4 is 0 Å². The van der Waals surface area contributed by atoms with Gasteiger partial charge in [0.25, 0.3) is 5.92 Å². The molecule has 0 radical (unpaired) electrons. The fraction of sp³-hybridized carbons (Fsp3) is 0.357. The van der Waals surface area contributed by atoms with Gasteiger partial charge in [-0.3, -0.25) is 4.68 Å². The van der Waals surface area contributed by atoms with Gasteiger partial charge in [0.15, 0.2) is 0 Å². The van der Waals surface area contributed by atoms with Gasteiger partial charge in [0.1, 0.15) is 0 Å². The summed E-state index contributed by atoms with van der Waals surface area (Å²) in [6.07, 6.45) is 3.48. The molecule has 2 aromatic rings. The zero-order valence-corrected chi connectivity index (χ0v) is 10.8. The molecule has 0 aliphatic rings. The highest BCUT2D eigenvalue weighted by molar-refractivity contribution is 5.21. The maximum atomic E-state index is 14.1. The van der Waals surface area contributed by atoms with E-state index in [4.69, 9.17) is 0 Å². The lowest BCUT2D eigenvalue weighted by atomic mass is 10.0. The third kappa shape index (κ3) is 3.38. The van der Waals surface area contributed by atoms with Gasteiger partial charge >= 0.3 is 0 Å². The highest BCUT2D eigenvalue weighted by Crippen LogP contribution is 2.31. The van der Waals surface area contributed by atoms with Crippen LogP contribution in [0.3, 0.4) is 0 Å². The van der Waals surface area contributed by atoms with Crippen molar-refractivity contribution in [2.75, 3.05) is 6.54 Å². The molecule has 0 fully saturated rings. The van der Waals surface area contributed by atoms with Crippen molar-refractivity contribution in [3.63, 3.8) is 0 Å². The van der Waals surface area contributed by atoms with Crippen LogP contribution in [0, 0.1) is 0 Å². The molecule has 0 aliphatic heterocycles. The van der Waals surface area contributed by atoms with Crippen molar-refractivity contribution in [2.45, 2.75) is 25.4 Å². The fourth-order valence-corrected chi connectivity index (χ4v) is 1.87. The Kier molecular flexibility index (Phi) is 4.27. The lowest BCUT2D eigenvalue weighted by Crippen LogP contribution is -2.42. The Morgan fingerprint density at radius 1 is 1.26 bits per heavy atom. The highest BCUT2D eigenvalue weighted by atomic mass is 19.3. The lowest BCUT2D eigenvalue weighted by Gasteiger charge is -2.25. The minimum atomic E-state index is -2.88. The summed E-state index contributed by atoms with van der Waals surface area (Å²) in [7, 11) is 0. The molecule has 3 nitrogen and oxygen atoms in total. The maximum absolute atomic E-state index is 14.1. The van der Waals surface area contributed by atoms with E-state index in [0.29, 0.717) is 13.1 Å². The fourth-order valence-electron chi connectivity index (χ4n) is 1.87. The van der Waals surface area contributed by atoms with Crippen LogP contribution >= 0.6 is 0 Å². The number of hydrogen-bond acceptors (Lipinski definition) is 2. The number of aromatic nitrogens is 2. The third-order valence-corrected chi connectivity index (χ3v) is 3.05. The van der Waals surface area contributed by atoms with Gasteiger partial charge in [-0.2, -0.15) is 13.9 Å². The maximum Gasteiger partial charge on any atom is 0.287 e. The van der Waals surface area contributed by atoms with Crippen molar-refractivity contribution in [2.24, 2.45) is 0 Å². The number of rotatable bonds is 6. The number of alkyl halides is 2. The molecule has 1 N–H and O–H groups in total. The van der Waals surface area contributed by atoms with Crippen molar-refractivity contribution < 1.29 is 8.78 Å². The van der Waals surface area contributed by atoms with Gasteiger partial charge in [0.2, 0.25) is 0 Å². The zero-order chi connectivity index (χ0) is 13.7. The quantitative estimate of drug-likeness (QED) is 0.870. The highest BCUT2D eigenvalue weighted by Gasteiger charge is 2.37. The summed E-state index contributed by atoms with van der Waals surface area (Å²) in [5.74, 6) is -2.88. The average Bonchev–Trinajstić information content (AvgIpc) is 2.93.